The maximum atomic E-state index is 13.4. The lowest BCUT2D eigenvalue weighted by molar-refractivity contribution is 0.101. The van der Waals surface area contributed by atoms with E-state index in [-0.39, 0.29) is 22.3 Å². The fourth-order valence-electron chi connectivity index (χ4n) is 2.18. The van der Waals surface area contributed by atoms with E-state index in [1.165, 1.54) is 19.2 Å². The number of rotatable bonds is 6. The molecule has 2 aromatic carbocycles. The van der Waals surface area contributed by atoms with Gasteiger partial charge in [0.1, 0.15) is 11.6 Å². The second-order valence-electron chi connectivity index (χ2n) is 5.30. The van der Waals surface area contributed by atoms with E-state index in [0.717, 1.165) is 29.0 Å². The number of ether oxygens (including phenoxy) is 1. The molecule has 128 valence electrons. The highest BCUT2D eigenvalue weighted by Crippen LogP contribution is 2.26. The van der Waals surface area contributed by atoms with E-state index >= 15 is 0 Å². The van der Waals surface area contributed by atoms with Crippen LogP contribution in [0.5, 0.6) is 5.75 Å². The molecule has 3 aromatic rings. The van der Waals surface area contributed by atoms with Crippen molar-refractivity contribution in [1.29, 1.82) is 0 Å². The van der Waals surface area contributed by atoms with Crippen LogP contribution in [0.3, 0.4) is 0 Å². The Bertz CT molecular complexity index is 894. The Balaban J connectivity index is 1.69. The monoisotopic (exact) mass is 358 g/mol. The van der Waals surface area contributed by atoms with Gasteiger partial charge >= 0.3 is 0 Å². The highest BCUT2D eigenvalue weighted by molar-refractivity contribution is 7.99. The molecule has 0 amide bonds. The first-order valence-electron chi connectivity index (χ1n) is 7.47. The highest BCUT2D eigenvalue weighted by Gasteiger charge is 2.16. The fraction of sp³-hybridized carbons (Fsp3) is 0.167. The van der Waals surface area contributed by atoms with Crippen LogP contribution in [0.1, 0.15) is 15.9 Å². The Kier molecular flexibility index (Phi) is 5.14. The van der Waals surface area contributed by atoms with Crippen molar-refractivity contribution >= 4 is 17.5 Å². The normalized spacial score (nSPS) is 10.7. The van der Waals surface area contributed by atoms with Crippen LogP contribution in [0.4, 0.5) is 4.39 Å². The van der Waals surface area contributed by atoms with Crippen molar-refractivity contribution in [1.82, 2.24) is 10.2 Å². The SMILES string of the molecule is COc1ccc(F)cc1C(=O)CSc1nnc(-c2ccc(C)cc2)o1. The Hall–Kier alpha value is -2.67. The van der Waals surface area contributed by atoms with Crippen molar-refractivity contribution in [3.8, 4) is 17.2 Å². The molecular weight excluding hydrogens is 343 g/mol. The molecule has 1 heterocycles. The number of Topliss-reactive ketones (excluding diaryl/α,β-unsaturated/α-hetero) is 1. The maximum Gasteiger partial charge on any atom is 0.277 e. The summed E-state index contributed by atoms with van der Waals surface area (Å²) >= 11 is 1.10. The predicted octanol–water partition coefficient (Wildman–Crippen LogP) is 4.17. The topological polar surface area (TPSA) is 65.2 Å². The number of carbonyl (C=O) groups excluding carboxylic acids is 1. The van der Waals surface area contributed by atoms with Gasteiger partial charge in [-0.15, -0.1) is 10.2 Å². The van der Waals surface area contributed by atoms with E-state index in [1.54, 1.807) is 0 Å². The first kappa shape index (κ1) is 17.2. The molecule has 0 spiro atoms. The van der Waals surface area contributed by atoms with Gasteiger partial charge < -0.3 is 9.15 Å². The molecule has 0 saturated carbocycles. The third-order valence-electron chi connectivity index (χ3n) is 3.49. The van der Waals surface area contributed by atoms with Crippen molar-refractivity contribution in [2.75, 3.05) is 12.9 Å². The molecule has 5 nitrogen and oxygen atoms in total. The van der Waals surface area contributed by atoms with Crippen LogP contribution < -0.4 is 4.74 Å². The quantitative estimate of drug-likeness (QED) is 0.487. The Morgan fingerprint density at radius 3 is 2.68 bits per heavy atom. The molecule has 0 saturated heterocycles. The van der Waals surface area contributed by atoms with E-state index in [4.69, 9.17) is 9.15 Å². The van der Waals surface area contributed by atoms with Crippen molar-refractivity contribution in [3.63, 3.8) is 0 Å². The predicted molar refractivity (Wildman–Crippen MR) is 92.5 cm³/mol. The molecule has 3 rings (SSSR count). The summed E-state index contributed by atoms with van der Waals surface area (Å²) in [4.78, 5) is 12.3. The van der Waals surface area contributed by atoms with Crippen LogP contribution in [0, 0.1) is 12.7 Å². The summed E-state index contributed by atoms with van der Waals surface area (Å²) in [5.41, 5.74) is 2.13. The van der Waals surface area contributed by atoms with Gasteiger partial charge in [-0.1, -0.05) is 29.5 Å². The number of halogens is 1. The molecule has 0 fully saturated rings. The zero-order valence-electron chi connectivity index (χ0n) is 13.7. The van der Waals surface area contributed by atoms with Gasteiger partial charge in [0, 0.05) is 5.56 Å². The summed E-state index contributed by atoms with van der Waals surface area (Å²) in [7, 11) is 1.43. The minimum Gasteiger partial charge on any atom is -0.496 e. The van der Waals surface area contributed by atoms with Gasteiger partial charge in [0.2, 0.25) is 5.89 Å². The third-order valence-corrected chi connectivity index (χ3v) is 4.31. The summed E-state index contributed by atoms with van der Waals surface area (Å²) in [6.07, 6.45) is 0. The Morgan fingerprint density at radius 2 is 1.96 bits per heavy atom. The minimum absolute atomic E-state index is 0.0370. The van der Waals surface area contributed by atoms with Gasteiger partial charge in [0.15, 0.2) is 5.78 Å². The lowest BCUT2D eigenvalue weighted by Gasteiger charge is -2.06. The highest BCUT2D eigenvalue weighted by atomic mass is 32.2. The summed E-state index contributed by atoms with van der Waals surface area (Å²) in [5, 5.41) is 8.19. The molecule has 0 bridgehead atoms. The van der Waals surface area contributed by atoms with Crippen LogP contribution in [0.15, 0.2) is 52.1 Å². The first-order valence-corrected chi connectivity index (χ1v) is 8.45. The molecule has 0 aliphatic heterocycles. The molecular formula is C18H15FN2O3S. The molecule has 0 aliphatic rings. The van der Waals surface area contributed by atoms with Crippen LogP contribution >= 0.6 is 11.8 Å². The zero-order valence-corrected chi connectivity index (χ0v) is 14.5. The molecule has 0 aliphatic carbocycles. The summed E-state index contributed by atoms with van der Waals surface area (Å²) in [5.74, 6) is -0.0174. The van der Waals surface area contributed by atoms with Crippen LogP contribution in [-0.4, -0.2) is 28.8 Å². The summed E-state index contributed by atoms with van der Waals surface area (Å²) < 4.78 is 24.0. The van der Waals surface area contributed by atoms with Crippen LogP contribution in [-0.2, 0) is 0 Å². The molecule has 0 atom stereocenters. The minimum atomic E-state index is -0.492. The number of aromatic nitrogens is 2. The summed E-state index contributed by atoms with van der Waals surface area (Å²) in [6, 6.07) is 11.5. The van der Waals surface area contributed by atoms with Gasteiger partial charge in [0.25, 0.3) is 5.22 Å². The van der Waals surface area contributed by atoms with E-state index in [1.807, 2.05) is 31.2 Å². The largest absolute Gasteiger partial charge is 0.496 e. The number of nitrogens with zero attached hydrogens (tertiary/aromatic N) is 2. The van der Waals surface area contributed by atoms with E-state index in [9.17, 15) is 9.18 Å². The van der Waals surface area contributed by atoms with Gasteiger partial charge in [-0.2, -0.15) is 0 Å². The number of hydrogen-bond donors (Lipinski definition) is 0. The standard InChI is InChI=1S/C18H15FN2O3S/c1-11-3-5-12(6-4-11)17-20-21-18(24-17)25-10-15(22)14-9-13(19)7-8-16(14)23-2/h3-9H,10H2,1-2H3. The molecule has 1 aromatic heterocycles. The van der Waals surface area contributed by atoms with Gasteiger partial charge in [-0.3, -0.25) is 4.79 Å². The van der Waals surface area contributed by atoms with Crippen molar-refractivity contribution in [3.05, 3.63) is 59.4 Å². The molecule has 7 heteroatoms. The van der Waals surface area contributed by atoms with Crippen molar-refractivity contribution < 1.29 is 18.3 Å². The summed E-state index contributed by atoms with van der Waals surface area (Å²) in [6.45, 7) is 1.99. The number of methoxy groups -OCH3 is 1. The number of carbonyl (C=O) groups is 1. The first-order chi connectivity index (χ1) is 12.1. The lowest BCUT2D eigenvalue weighted by Crippen LogP contribution is -2.05. The van der Waals surface area contributed by atoms with Crippen LogP contribution in [0.2, 0.25) is 0 Å². The number of thioether (sulfide) groups is 1. The van der Waals surface area contributed by atoms with Crippen molar-refractivity contribution in [2.45, 2.75) is 12.1 Å². The molecule has 25 heavy (non-hydrogen) atoms. The fourth-order valence-corrected chi connectivity index (χ4v) is 2.83. The van der Waals surface area contributed by atoms with Gasteiger partial charge in [-0.25, -0.2) is 4.39 Å². The average molecular weight is 358 g/mol. The average Bonchev–Trinajstić information content (AvgIpc) is 3.09. The van der Waals surface area contributed by atoms with Crippen molar-refractivity contribution in [2.24, 2.45) is 0 Å². The second kappa shape index (κ2) is 7.48. The zero-order chi connectivity index (χ0) is 17.8. The van der Waals surface area contributed by atoms with E-state index in [0.29, 0.717) is 11.6 Å². The molecule has 0 unspecified atom stereocenters. The van der Waals surface area contributed by atoms with Gasteiger partial charge in [-0.05, 0) is 37.3 Å². The Morgan fingerprint density at radius 1 is 1.20 bits per heavy atom. The Labute approximate surface area is 148 Å². The smallest absolute Gasteiger partial charge is 0.277 e. The maximum absolute atomic E-state index is 13.4. The number of hydrogen-bond acceptors (Lipinski definition) is 6. The number of ketones is 1. The van der Waals surface area contributed by atoms with E-state index < -0.39 is 5.82 Å². The third kappa shape index (κ3) is 4.06. The lowest BCUT2D eigenvalue weighted by atomic mass is 10.1. The molecule has 0 N–H and O–H groups in total. The number of aryl methyl sites for hydroxylation is 1. The number of benzene rings is 2. The van der Waals surface area contributed by atoms with Gasteiger partial charge in [0.05, 0.1) is 18.4 Å². The second-order valence-corrected chi connectivity index (χ2v) is 6.22. The van der Waals surface area contributed by atoms with Crippen LogP contribution in [0.25, 0.3) is 11.5 Å². The van der Waals surface area contributed by atoms with E-state index in [2.05, 4.69) is 10.2 Å². The molecule has 0 radical (unpaired) electrons.